The Bertz CT molecular complexity index is 456. The number of nitrogens with one attached hydrogen (secondary N) is 1. The van der Waals surface area contributed by atoms with Gasteiger partial charge in [-0.05, 0) is 24.6 Å². The predicted octanol–water partition coefficient (Wildman–Crippen LogP) is 1.09. The maximum absolute atomic E-state index is 11.5. The lowest BCUT2D eigenvalue weighted by molar-refractivity contribution is 0.217. The minimum absolute atomic E-state index is 0.0911. The second kappa shape index (κ2) is 5.18. The molecule has 0 fully saturated rings. The summed E-state index contributed by atoms with van der Waals surface area (Å²) in [6, 6.07) is 4.71. The Labute approximate surface area is 95.1 Å². The van der Waals surface area contributed by atoms with Crippen LogP contribution in [0.25, 0.3) is 0 Å². The largest absolute Gasteiger partial charge is 0.506 e. The van der Waals surface area contributed by atoms with Crippen LogP contribution in [0.5, 0.6) is 5.75 Å². The molecule has 0 atom stereocenters. The summed E-state index contributed by atoms with van der Waals surface area (Å²) in [5.41, 5.74) is 1.05. The van der Waals surface area contributed by atoms with Crippen molar-refractivity contribution in [3.8, 4) is 5.75 Å². The second-order valence-corrected chi connectivity index (χ2v) is 5.28. The molecule has 0 spiro atoms. The Morgan fingerprint density at radius 3 is 2.75 bits per heavy atom. The van der Waals surface area contributed by atoms with Gasteiger partial charge in [0.1, 0.15) is 5.75 Å². The first-order chi connectivity index (χ1) is 7.44. The van der Waals surface area contributed by atoms with E-state index in [2.05, 4.69) is 9.46 Å². The Hall–Kier alpha value is -1.27. The van der Waals surface area contributed by atoms with E-state index >= 15 is 0 Å². The first-order valence-corrected chi connectivity index (χ1v) is 6.39. The second-order valence-electron chi connectivity index (χ2n) is 3.43. The zero-order valence-corrected chi connectivity index (χ0v) is 10.0. The van der Waals surface area contributed by atoms with Crippen molar-refractivity contribution in [2.75, 3.05) is 24.2 Å². The summed E-state index contributed by atoms with van der Waals surface area (Å²) in [5.74, 6) is -0.233. The van der Waals surface area contributed by atoms with Gasteiger partial charge in [-0.3, -0.25) is 4.72 Å². The molecule has 0 unspecified atom stereocenters. The van der Waals surface area contributed by atoms with Crippen LogP contribution in [0.2, 0.25) is 0 Å². The maximum atomic E-state index is 11.5. The van der Waals surface area contributed by atoms with E-state index < -0.39 is 10.0 Å². The molecule has 5 nitrogen and oxygen atoms in total. The SMILES string of the molecule is COCCS(=O)(=O)Nc1cc(C)ccc1O. The van der Waals surface area contributed by atoms with Crippen molar-refractivity contribution in [1.82, 2.24) is 0 Å². The highest BCUT2D eigenvalue weighted by Gasteiger charge is 2.12. The molecule has 1 rings (SSSR count). The monoisotopic (exact) mass is 245 g/mol. The lowest BCUT2D eigenvalue weighted by Gasteiger charge is -2.09. The van der Waals surface area contributed by atoms with E-state index in [-0.39, 0.29) is 23.8 Å². The number of aryl methyl sites for hydroxylation is 1. The first kappa shape index (κ1) is 12.8. The molecule has 0 radical (unpaired) electrons. The number of hydrogen-bond donors (Lipinski definition) is 2. The molecule has 2 N–H and O–H groups in total. The summed E-state index contributed by atoms with van der Waals surface area (Å²) in [7, 11) is -2.04. The van der Waals surface area contributed by atoms with Gasteiger partial charge in [-0.25, -0.2) is 8.42 Å². The molecule has 0 aliphatic heterocycles. The molecule has 90 valence electrons. The van der Waals surface area contributed by atoms with E-state index in [0.29, 0.717) is 0 Å². The predicted molar refractivity (Wildman–Crippen MR) is 62.1 cm³/mol. The molecule has 0 bridgehead atoms. The number of aromatic hydroxyl groups is 1. The van der Waals surface area contributed by atoms with Crippen LogP contribution in [-0.2, 0) is 14.8 Å². The van der Waals surface area contributed by atoms with Crippen LogP contribution in [0, 0.1) is 6.92 Å². The fourth-order valence-corrected chi connectivity index (χ4v) is 2.13. The van der Waals surface area contributed by atoms with Crippen molar-refractivity contribution in [2.45, 2.75) is 6.92 Å². The number of anilines is 1. The summed E-state index contributed by atoms with van der Waals surface area (Å²) in [6.45, 7) is 1.92. The van der Waals surface area contributed by atoms with Crippen LogP contribution < -0.4 is 4.72 Å². The number of hydrogen-bond acceptors (Lipinski definition) is 4. The fraction of sp³-hybridized carbons (Fsp3) is 0.400. The first-order valence-electron chi connectivity index (χ1n) is 4.73. The summed E-state index contributed by atoms with van der Waals surface area (Å²) < 4.78 is 30.0. The molecule has 1 aromatic carbocycles. The Kier molecular flexibility index (Phi) is 4.14. The molecule has 0 aliphatic rings. The molecule has 16 heavy (non-hydrogen) atoms. The molecule has 1 aromatic rings. The number of phenolic OH excluding ortho intramolecular Hbond substituents is 1. The van der Waals surface area contributed by atoms with Crippen molar-refractivity contribution in [1.29, 1.82) is 0 Å². The van der Waals surface area contributed by atoms with E-state index in [4.69, 9.17) is 0 Å². The Balaban J connectivity index is 2.83. The summed E-state index contributed by atoms with van der Waals surface area (Å²) in [6.07, 6.45) is 0. The zero-order valence-electron chi connectivity index (χ0n) is 9.23. The summed E-state index contributed by atoms with van der Waals surface area (Å²) >= 11 is 0. The van der Waals surface area contributed by atoms with Crippen molar-refractivity contribution >= 4 is 15.7 Å². The third-order valence-electron chi connectivity index (χ3n) is 1.97. The van der Waals surface area contributed by atoms with Gasteiger partial charge >= 0.3 is 0 Å². The van der Waals surface area contributed by atoms with Crippen LogP contribution >= 0.6 is 0 Å². The van der Waals surface area contributed by atoms with Crippen LogP contribution in [-0.4, -0.2) is 33.0 Å². The molecular weight excluding hydrogens is 230 g/mol. The van der Waals surface area contributed by atoms with Gasteiger partial charge in [-0.2, -0.15) is 0 Å². The van der Waals surface area contributed by atoms with Crippen LogP contribution in [0.4, 0.5) is 5.69 Å². The average molecular weight is 245 g/mol. The minimum atomic E-state index is -3.47. The third-order valence-corrected chi connectivity index (χ3v) is 3.21. The lowest BCUT2D eigenvalue weighted by atomic mass is 10.2. The average Bonchev–Trinajstić information content (AvgIpc) is 2.20. The molecule has 6 heteroatoms. The van der Waals surface area contributed by atoms with E-state index in [1.165, 1.54) is 13.2 Å². The molecule has 0 saturated carbocycles. The smallest absolute Gasteiger partial charge is 0.235 e. The molecular formula is C10H15NO4S. The van der Waals surface area contributed by atoms with Gasteiger partial charge in [0.15, 0.2) is 0 Å². The number of rotatable bonds is 5. The van der Waals surface area contributed by atoms with Gasteiger partial charge in [-0.1, -0.05) is 6.07 Å². The lowest BCUT2D eigenvalue weighted by Crippen LogP contribution is -2.19. The van der Waals surface area contributed by atoms with E-state index in [1.54, 1.807) is 12.1 Å². The molecule has 0 aromatic heterocycles. The van der Waals surface area contributed by atoms with Gasteiger partial charge in [0.2, 0.25) is 10.0 Å². The standard InChI is InChI=1S/C10H15NO4S/c1-8-3-4-10(12)9(7-8)11-16(13,14)6-5-15-2/h3-4,7,11-12H,5-6H2,1-2H3. The number of benzene rings is 1. The van der Waals surface area contributed by atoms with Crippen molar-refractivity contribution < 1.29 is 18.3 Å². The zero-order chi connectivity index (χ0) is 12.2. The maximum Gasteiger partial charge on any atom is 0.235 e. The van der Waals surface area contributed by atoms with E-state index in [9.17, 15) is 13.5 Å². The highest BCUT2D eigenvalue weighted by Crippen LogP contribution is 2.24. The summed E-state index contributed by atoms with van der Waals surface area (Å²) in [4.78, 5) is 0. The van der Waals surface area contributed by atoms with E-state index in [0.717, 1.165) is 5.56 Å². The molecule has 0 heterocycles. The quantitative estimate of drug-likeness (QED) is 0.761. The van der Waals surface area contributed by atoms with Gasteiger partial charge in [0, 0.05) is 7.11 Å². The highest BCUT2D eigenvalue weighted by atomic mass is 32.2. The third kappa shape index (κ3) is 3.71. The van der Waals surface area contributed by atoms with Gasteiger partial charge in [-0.15, -0.1) is 0 Å². The van der Waals surface area contributed by atoms with Crippen molar-refractivity contribution in [3.63, 3.8) is 0 Å². The fourth-order valence-electron chi connectivity index (χ4n) is 1.14. The normalized spacial score (nSPS) is 11.4. The molecule has 0 aliphatic carbocycles. The topological polar surface area (TPSA) is 75.6 Å². The van der Waals surface area contributed by atoms with Gasteiger partial charge in [0.25, 0.3) is 0 Å². The summed E-state index contributed by atoms with van der Waals surface area (Å²) in [5, 5.41) is 9.47. The Morgan fingerprint density at radius 1 is 1.44 bits per heavy atom. The minimum Gasteiger partial charge on any atom is -0.506 e. The number of ether oxygens (including phenoxy) is 1. The van der Waals surface area contributed by atoms with Crippen LogP contribution in [0.3, 0.4) is 0 Å². The highest BCUT2D eigenvalue weighted by molar-refractivity contribution is 7.92. The van der Waals surface area contributed by atoms with Gasteiger partial charge in [0.05, 0.1) is 18.0 Å². The Morgan fingerprint density at radius 2 is 2.12 bits per heavy atom. The molecule has 0 saturated heterocycles. The van der Waals surface area contributed by atoms with Crippen molar-refractivity contribution in [2.24, 2.45) is 0 Å². The number of methoxy groups -OCH3 is 1. The number of phenols is 1. The van der Waals surface area contributed by atoms with E-state index in [1.807, 2.05) is 6.92 Å². The van der Waals surface area contributed by atoms with Crippen LogP contribution in [0.1, 0.15) is 5.56 Å². The molecule has 0 amide bonds. The number of sulfonamides is 1. The van der Waals surface area contributed by atoms with Crippen LogP contribution in [0.15, 0.2) is 18.2 Å². The van der Waals surface area contributed by atoms with Crippen molar-refractivity contribution in [3.05, 3.63) is 23.8 Å². The van der Waals surface area contributed by atoms with Gasteiger partial charge < -0.3 is 9.84 Å².